The fraction of sp³-hybridized carbons (Fsp3) is 0.0455. The van der Waals surface area contributed by atoms with Gasteiger partial charge < -0.3 is 5.11 Å². The first-order chi connectivity index (χ1) is 12.2. The molecule has 2 nitrogen and oxygen atoms in total. The molecule has 0 aliphatic carbocycles. The van der Waals surface area contributed by atoms with E-state index in [1.165, 1.54) is 21.6 Å². The molecule has 25 heavy (non-hydrogen) atoms. The van der Waals surface area contributed by atoms with E-state index < -0.39 is 14.0 Å². The highest BCUT2D eigenvalue weighted by atomic mass is 28.3. The monoisotopic (exact) mass is 344 g/mol. The third-order valence-corrected chi connectivity index (χ3v) is 9.29. The van der Waals surface area contributed by atoms with Crippen LogP contribution in [0.5, 0.6) is 0 Å². The summed E-state index contributed by atoms with van der Waals surface area (Å²) in [6.45, 7) is 0. The van der Waals surface area contributed by atoms with Gasteiger partial charge in [-0.15, -0.1) is 0 Å². The van der Waals surface area contributed by atoms with E-state index in [1.807, 2.05) is 24.3 Å². The van der Waals surface area contributed by atoms with Crippen LogP contribution >= 0.6 is 0 Å². The van der Waals surface area contributed by atoms with Gasteiger partial charge in [0.2, 0.25) is 0 Å². The maximum absolute atomic E-state index is 11.0. The van der Waals surface area contributed by atoms with E-state index in [-0.39, 0.29) is 0 Å². The zero-order valence-corrected chi connectivity index (χ0v) is 14.9. The van der Waals surface area contributed by atoms with Crippen LogP contribution in [0.4, 0.5) is 0 Å². The average molecular weight is 344 g/mol. The summed E-state index contributed by atoms with van der Waals surface area (Å²) in [4.78, 5) is 11.0. The van der Waals surface area contributed by atoms with E-state index in [9.17, 15) is 4.79 Å². The standard InChI is InChI=1S/C22H20O2Si/c23-22(24)17-10-18-25(19-11-4-1-5-12-19,20-13-6-2-7-14-20)21-15-8-3-9-16-21/h1-17H,18H2,(H,23,24)/b17-10-. The topological polar surface area (TPSA) is 37.3 Å². The highest BCUT2D eigenvalue weighted by Gasteiger charge is 2.37. The number of carboxylic acids is 1. The van der Waals surface area contributed by atoms with Gasteiger partial charge in [-0.1, -0.05) is 97.1 Å². The normalized spacial score (nSPS) is 11.5. The van der Waals surface area contributed by atoms with Gasteiger partial charge in [-0.05, 0) is 21.6 Å². The number of rotatable bonds is 6. The van der Waals surface area contributed by atoms with E-state index in [1.54, 1.807) is 0 Å². The highest BCUT2D eigenvalue weighted by Crippen LogP contribution is 2.13. The lowest BCUT2D eigenvalue weighted by Crippen LogP contribution is -2.66. The van der Waals surface area contributed by atoms with E-state index >= 15 is 0 Å². The Hall–Kier alpha value is -2.91. The SMILES string of the molecule is O=C(O)/C=C\C[Si](c1ccccc1)(c1ccccc1)c1ccccc1. The van der Waals surface area contributed by atoms with Gasteiger partial charge >= 0.3 is 5.97 Å². The molecule has 0 aromatic heterocycles. The molecular formula is C22H20O2Si. The highest BCUT2D eigenvalue weighted by molar-refractivity contribution is 7.11. The molecular weight excluding hydrogens is 324 g/mol. The lowest BCUT2D eigenvalue weighted by atomic mass is 10.3. The maximum atomic E-state index is 11.0. The summed E-state index contributed by atoms with van der Waals surface area (Å²) in [5.41, 5.74) is 0. The minimum atomic E-state index is -2.34. The van der Waals surface area contributed by atoms with Crippen LogP contribution in [-0.4, -0.2) is 19.1 Å². The molecule has 0 heterocycles. The Labute approximate surface area is 149 Å². The Bertz CT molecular complexity index is 746. The average Bonchev–Trinajstić information content (AvgIpc) is 2.67. The van der Waals surface area contributed by atoms with Crippen LogP contribution in [0.1, 0.15) is 0 Å². The predicted molar refractivity (Wildman–Crippen MR) is 106 cm³/mol. The fourth-order valence-electron chi connectivity index (χ4n) is 3.36. The number of benzene rings is 3. The fourth-order valence-corrected chi connectivity index (χ4v) is 7.82. The molecule has 0 aliphatic heterocycles. The summed E-state index contributed by atoms with van der Waals surface area (Å²) in [6.07, 6.45) is 3.07. The molecule has 0 unspecified atom stereocenters. The first-order valence-electron chi connectivity index (χ1n) is 8.29. The van der Waals surface area contributed by atoms with Crippen molar-refractivity contribution in [3.63, 3.8) is 0 Å². The third-order valence-electron chi connectivity index (χ3n) is 4.48. The molecule has 3 aromatic rings. The van der Waals surface area contributed by atoms with Gasteiger partial charge in [-0.25, -0.2) is 4.79 Å². The maximum Gasteiger partial charge on any atom is 0.327 e. The summed E-state index contributed by atoms with van der Waals surface area (Å²) < 4.78 is 0. The van der Waals surface area contributed by atoms with Crippen LogP contribution in [0.2, 0.25) is 6.04 Å². The molecule has 124 valence electrons. The minimum Gasteiger partial charge on any atom is -0.478 e. The third kappa shape index (κ3) is 3.62. The second kappa shape index (κ2) is 7.77. The van der Waals surface area contributed by atoms with Crippen molar-refractivity contribution in [1.82, 2.24) is 0 Å². The van der Waals surface area contributed by atoms with Gasteiger partial charge in [0.05, 0.1) is 0 Å². The molecule has 0 fully saturated rings. The van der Waals surface area contributed by atoms with Crippen molar-refractivity contribution in [2.45, 2.75) is 6.04 Å². The van der Waals surface area contributed by atoms with Crippen LogP contribution in [0, 0.1) is 0 Å². The van der Waals surface area contributed by atoms with E-state index in [2.05, 4.69) is 72.8 Å². The van der Waals surface area contributed by atoms with Crippen LogP contribution < -0.4 is 15.6 Å². The Kier molecular flexibility index (Phi) is 5.26. The van der Waals surface area contributed by atoms with Crippen LogP contribution in [0.3, 0.4) is 0 Å². The zero-order chi connectivity index (χ0) is 17.5. The first kappa shape index (κ1) is 16.9. The molecule has 0 saturated heterocycles. The smallest absolute Gasteiger partial charge is 0.327 e. The van der Waals surface area contributed by atoms with Gasteiger partial charge in [0.15, 0.2) is 8.07 Å². The Morgan fingerprint density at radius 2 is 1.08 bits per heavy atom. The number of hydrogen-bond acceptors (Lipinski definition) is 1. The summed E-state index contributed by atoms with van der Waals surface area (Å²) in [5, 5.41) is 12.9. The van der Waals surface area contributed by atoms with Crippen molar-refractivity contribution in [2.24, 2.45) is 0 Å². The van der Waals surface area contributed by atoms with Gasteiger partial charge in [0.1, 0.15) is 0 Å². The lowest BCUT2D eigenvalue weighted by Gasteiger charge is -2.32. The Morgan fingerprint density at radius 1 is 0.720 bits per heavy atom. The zero-order valence-electron chi connectivity index (χ0n) is 13.9. The summed E-state index contributed by atoms with van der Waals surface area (Å²) in [7, 11) is -2.34. The van der Waals surface area contributed by atoms with Crippen molar-refractivity contribution in [3.05, 3.63) is 103 Å². The molecule has 3 heteroatoms. The molecule has 0 atom stereocenters. The molecule has 1 N–H and O–H groups in total. The summed E-state index contributed by atoms with van der Waals surface area (Å²) in [6, 6.07) is 32.1. The molecule has 0 saturated carbocycles. The van der Waals surface area contributed by atoms with Crippen LogP contribution in [0.25, 0.3) is 0 Å². The molecule has 3 aromatic carbocycles. The van der Waals surface area contributed by atoms with Crippen molar-refractivity contribution in [3.8, 4) is 0 Å². The Morgan fingerprint density at radius 3 is 1.40 bits per heavy atom. The van der Waals surface area contributed by atoms with Crippen molar-refractivity contribution in [1.29, 1.82) is 0 Å². The van der Waals surface area contributed by atoms with E-state index in [4.69, 9.17) is 5.11 Å². The number of hydrogen-bond donors (Lipinski definition) is 1. The Balaban J connectivity index is 2.25. The van der Waals surface area contributed by atoms with Gasteiger partial charge in [-0.3, -0.25) is 0 Å². The number of aliphatic carboxylic acids is 1. The second-order valence-corrected chi connectivity index (χ2v) is 9.90. The van der Waals surface area contributed by atoms with Gasteiger partial charge in [-0.2, -0.15) is 0 Å². The van der Waals surface area contributed by atoms with E-state index in [0.29, 0.717) is 6.04 Å². The quantitative estimate of drug-likeness (QED) is 0.424. The molecule has 0 amide bonds. The minimum absolute atomic E-state index is 0.706. The first-order valence-corrected chi connectivity index (χ1v) is 10.5. The van der Waals surface area contributed by atoms with Crippen LogP contribution in [-0.2, 0) is 4.79 Å². The second-order valence-electron chi connectivity index (χ2n) is 5.95. The molecule has 0 radical (unpaired) electrons. The van der Waals surface area contributed by atoms with Crippen molar-refractivity contribution >= 4 is 29.6 Å². The number of carbonyl (C=O) groups is 1. The molecule has 0 spiro atoms. The number of carboxylic acid groups (broad SMARTS) is 1. The van der Waals surface area contributed by atoms with Crippen molar-refractivity contribution < 1.29 is 9.90 Å². The van der Waals surface area contributed by atoms with Gasteiger partial charge in [0.25, 0.3) is 0 Å². The van der Waals surface area contributed by atoms with Crippen LogP contribution in [0.15, 0.2) is 103 Å². The van der Waals surface area contributed by atoms with E-state index in [0.717, 1.165) is 0 Å². The summed E-state index contributed by atoms with van der Waals surface area (Å²) >= 11 is 0. The molecule has 3 rings (SSSR count). The predicted octanol–water partition coefficient (Wildman–Crippen LogP) is 2.80. The van der Waals surface area contributed by atoms with Gasteiger partial charge in [0, 0.05) is 6.08 Å². The number of allylic oxidation sites excluding steroid dienone is 1. The molecule has 0 bridgehead atoms. The lowest BCUT2D eigenvalue weighted by molar-refractivity contribution is -0.131. The summed E-state index contributed by atoms with van der Waals surface area (Å²) in [5.74, 6) is -0.905. The largest absolute Gasteiger partial charge is 0.478 e. The van der Waals surface area contributed by atoms with Crippen molar-refractivity contribution in [2.75, 3.05) is 0 Å². The molecule has 0 aliphatic rings.